The highest BCUT2D eigenvalue weighted by atomic mass is 79.9. The molecule has 180 valence electrons. The number of hydrogen-bond acceptors (Lipinski definition) is 7. The standard InChI is InChI=1S/C27H20BrN3O5/c1-16(27(33)34-2)35-20-7-5-6-17(12-20)15-29-31-25(30-22-9-4-3-8-21(22)26(31)32)24-14-18-13-19(28)10-11-23(18)36-24/h3-16H,1-2H3/t16-/m0/s1. The van der Waals surface area contributed by atoms with Gasteiger partial charge in [0.2, 0.25) is 5.82 Å². The second kappa shape index (κ2) is 9.79. The van der Waals surface area contributed by atoms with Crippen molar-refractivity contribution in [2.45, 2.75) is 13.0 Å². The van der Waals surface area contributed by atoms with Crippen molar-refractivity contribution in [3.63, 3.8) is 0 Å². The number of hydrogen-bond donors (Lipinski definition) is 0. The van der Waals surface area contributed by atoms with E-state index in [4.69, 9.17) is 13.9 Å². The Morgan fingerprint density at radius 1 is 1.11 bits per heavy atom. The predicted octanol–water partition coefficient (Wildman–Crippen LogP) is 5.39. The van der Waals surface area contributed by atoms with Crippen molar-refractivity contribution in [3.05, 3.63) is 93.2 Å². The molecule has 0 saturated carbocycles. The molecule has 0 fully saturated rings. The number of ether oxygens (including phenoxy) is 2. The van der Waals surface area contributed by atoms with Gasteiger partial charge in [0.25, 0.3) is 5.56 Å². The van der Waals surface area contributed by atoms with Gasteiger partial charge in [-0.3, -0.25) is 4.79 Å². The molecule has 0 saturated heterocycles. The van der Waals surface area contributed by atoms with E-state index in [0.29, 0.717) is 33.6 Å². The summed E-state index contributed by atoms with van der Waals surface area (Å²) >= 11 is 3.47. The van der Waals surface area contributed by atoms with Crippen LogP contribution in [0.25, 0.3) is 33.5 Å². The fourth-order valence-corrected chi connectivity index (χ4v) is 4.10. The molecule has 3 aromatic carbocycles. The summed E-state index contributed by atoms with van der Waals surface area (Å²) in [5.74, 6) is 0.662. The minimum absolute atomic E-state index is 0.272. The molecule has 36 heavy (non-hydrogen) atoms. The quantitative estimate of drug-likeness (QED) is 0.209. The molecule has 5 rings (SSSR count). The molecule has 0 aliphatic rings. The zero-order chi connectivity index (χ0) is 25.2. The smallest absolute Gasteiger partial charge is 0.346 e. The van der Waals surface area contributed by atoms with Crippen LogP contribution in [-0.4, -0.2) is 35.1 Å². The lowest BCUT2D eigenvalue weighted by molar-refractivity contribution is -0.147. The van der Waals surface area contributed by atoms with E-state index in [1.807, 2.05) is 30.3 Å². The van der Waals surface area contributed by atoms with Gasteiger partial charge in [-0.1, -0.05) is 40.2 Å². The number of aromatic nitrogens is 2. The van der Waals surface area contributed by atoms with Crippen LogP contribution in [0, 0.1) is 0 Å². The van der Waals surface area contributed by atoms with Crippen molar-refractivity contribution in [1.29, 1.82) is 0 Å². The van der Waals surface area contributed by atoms with E-state index in [2.05, 4.69) is 26.0 Å². The highest BCUT2D eigenvalue weighted by Gasteiger charge is 2.17. The van der Waals surface area contributed by atoms with E-state index in [-0.39, 0.29) is 11.4 Å². The van der Waals surface area contributed by atoms with Crippen molar-refractivity contribution in [3.8, 4) is 17.3 Å². The number of nitrogens with zero attached hydrogens (tertiary/aromatic N) is 3. The first kappa shape index (κ1) is 23.5. The molecule has 9 heteroatoms. The number of esters is 1. The summed E-state index contributed by atoms with van der Waals surface area (Å²) < 4.78 is 18.5. The normalized spacial score (nSPS) is 12.3. The van der Waals surface area contributed by atoms with Crippen molar-refractivity contribution in [1.82, 2.24) is 9.66 Å². The van der Waals surface area contributed by atoms with Crippen LogP contribution in [0.15, 0.2) is 91.6 Å². The zero-order valence-corrected chi connectivity index (χ0v) is 20.9. The average Bonchev–Trinajstić information content (AvgIpc) is 3.31. The SMILES string of the molecule is COC(=O)[C@H](C)Oc1cccc(C=Nn2c(-c3cc4cc(Br)ccc4o3)nc3ccccc3c2=O)c1. The molecule has 0 unspecified atom stereocenters. The number of carbonyl (C=O) groups is 1. The molecule has 2 heterocycles. The van der Waals surface area contributed by atoms with Crippen LogP contribution in [0.5, 0.6) is 5.75 Å². The Balaban J connectivity index is 1.59. The van der Waals surface area contributed by atoms with Gasteiger partial charge < -0.3 is 13.9 Å². The van der Waals surface area contributed by atoms with Crippen molar-refractivity contribution in [2.24, 2.45) is 5.10 Å². The number of carbonyl (C=O) groups excluding carboxylic acids is 1. The number of benzene rings is 3. The first-order valence-electron chi connectivity index (χ1n) is 11.0. The van der Waals surface area contributed by atoms with Crippen LogP contribution in [0.1, 0.15) is 12.5 Å². The fraction of sp³-hybridized carbons (Fsp3) is 0.111. The Kier molecular flexibility index (Phi) is 6.39. The largest absolute Gasteiger partial charge is 0.479 e. The van der Waals surface area contributed by atoms with Crippen molar-refractivity contribution < 1.29 is 18.7 Å². The lowest BCUT2D eigenvalue weighted by Gasteiger charge is -2.12. The third-order valence-corrected chi connectivity index (χ3v) is 5.97. The summed E-state index contributed by atoms with van der Waals surface area (Å²) in [5.41, 5.74) is 1.53. The van der Waals surface area contributed by atoms with Crippen molar-refractivity contribution >= 4 is 50.0 Å². The Hall–Kier alpha value is -4.24. The molecule has 8 nitrogen and oxygen atoms in total. The number of para-hydroxylation sites is 1. The minimum Gasteiger partial charge on any atom is -0.479 e. The summed E-state index contributed by atoms with van der Waals surface area (Å²) in [6, 6.07) is 21.6. The lowest BCUT2D eigenvalue weighted by Crippen LogP contribution is -2.24. The highest BCUT2D eigenvalue weighted by Crippen LogP contribution is 2.29. The van der Waals surface area contributed by atoms with Gasteiger partial charge in [-0.25, -0.2) is 9.78 Å². The molecule has 0 amide bonds. The van der Waals surface area contributed by atoms with E-state index >= 15 is 0 Å². The molecule has 0 radical (unpaired) electrons. The van der Waals surface area contributed by atoms with E-state index in [1.54, 1.807) is 49.4 Å². The Labute approximate surface area is 213 Å². The van der Waals surface area contributed by atoms with E-state index in [0.717, 1.165) is 9.86 Å². The maximum Gasteiger partial charge on any atom is 0.346 e. The molecule has 0 aliphatic carbocycles. The van der Waals surface area contributed by atoms with Gasteiger partial charge in [-0.2, -0.15) is 9.78 Å². The van der Waals surface area contributed by atoms with Crippen LogP contribution in [0.3, 0.4) is 0 Å². The van der Waals surface area contributed by atoms with Crippen molar-refractivity contribution in [2.75, 3.05) is 7.11 Å². The van der Waals surface area contributed by atoms with Gasteiger partial charge in [0, 0.05) is 9.86 Å². The number of furan rings is 1. The van der Waals surface area contributed by atoms with Crippen LogP contribution in [0.2, 0.25) is 0 Å². The maximum absolute atomic E-state index is 13.4. The van der Waals surface area contributed by atoms with Crippen LogP contribution in [0.4, 0.5) is 0 Å². The first-order chi connectivity index (χ1) is 17.4. The number of rotatable bonds is 6. The third kappa shape index (κ3) is 4.65. The predicted molar refractivity (Wildman–Crippen MR) is 140 cm³/mol. The molecule has 5 aromatic rings. The highest BCUT2D eigenvalue weighted by molar-refractivity contribution is 9.10. The van der Waals surface area contributed by atoms with Gasteiger partial charge >= 0.3 is 5.97 Å². The van der Waals surface area contributed by atoms with Gasteiger partial charge in [-0.15, -0.1) is 0 Å². The zero-order valence-electron chi connectivity index (χ0n) is 19.3. The maximum atomic E-state index is 13.4. The van der Waals surface area contributed by atoms with Crippen LogP contribution >= 0.6 is 15.9 Å². The second-order valence-electron chi connectivity index (χ2n) is 7.96. The second-order valence-corrected chi connectivity index (χ2v) is 8.88. The molecule has 1 atom stereocenters. The lowest BCUT2D eigenvalue weighted by atomic mass is 10.2. The van der Waals surface area contributed by atoms with Gasteiger partial charge in [-0.05, 0) is 61.0 Å². The molecule has 0 spiro atoms. The van der Waals surface area contributed by atoms with E-state index in [9.17, 15) is 9.59 Å². The monoisotopic (exact) mass is 545 g/mol. The van der Waals surface area contributed by atoms with E-state index < -0.39 is 12.1 Å². The number of methoxy groups -OCH3 is 1. The molecule has 2 aromatic heterocycles. The molecule has 0 bridgehead atoms. The Morgan fingerprint density at radius 2 is 1.94 bits per heavy atom. The average molecular weight is 546 g/mol. The summed E-state index contributed by atoms with van der Waals surface area (Å²) in [5, 5.41) is 5.76. The third-order valence-electron chi connectivity index (χ3n) is 5.48. The van der Waals surface area contributed by atoms with Gasteiger partial charge in [0.15, 0.2) is 11.9 Å². The summed E-state index contributed by atoms with van der Waals surface area (Å²) in [4.78, 5) is 29.8. The summed E-state index contributed by atoms with van der Waals surface area (Å²) in [6.45, 7) is 1.60. The fourth-order valence-electron chi connectivity index (χ4n) is 3.73. The van der Waals surface area contributed by atoms with Gasteiger partial charge in [0.1, 0.15) is 11.3 Å². The first-order valence-corrected chi connectivity index (χ1v) is 11.8. The molecular weight excluding hydrogens is 526 g/mol. The van der Waals surface area contributed by atoms with Crippen LogP contribution in [-0.2, 0) is 9.53 Å². The Bertz CT molecular complexity index is 1690. The summed E-state index contributed by atoms with van der Waals surface area (Å²) in [6.07, 6.45) is 0.755. The Morgan fingerprint density at radius 3 is 2.78 bits per heavy atom. The minimum atomic E-state index is -0.769. The van der Waals surface area contributed by atoms with Gasteiger partial charge in [0.05, 0.1) is 24.2 Å². The molecule has 0 aliphatic heterocycles. The molecular formula is C27H20BrN3O5. The molecule has 0 N–H and O–H groups in total. The van der Waals surface area contributed by atoms with E-state index in [1.165, 1.54) is 18.0 Å². The van der Waals surface area contributed by atoms with Crippen LogP contribution < -0.4 is 10.3 Å². The summed E-state index contributed by atoms with van der Waals surface area (Å²) in [7, 11) is 1.30. The topological polar surface area (TPSA) is 95.9 Å². The number of fused-ring (bicyclic) bond motifs is 2. The number of halogens is 1.